The van der Waals surface area contributed by atoms with Gasteiger partial charge < -0.3 is 29.7 Å². The van der Waals surface area contributed by atoms with Gasteiger partial charge in [0.05, 0.1) is 18.8 Å². The number of hydrogen-bond donors (Lipinski definition) is 2. The largest absolute Gasteiger partial charge is 0.495 e. The summed E-state index contributed by atoms with van der Waals surface area (Å²) in [7, 11) is 1.54. The molecule has 2 aromatic carbocycles. The molecule has 1 atom stereocenters. The second kappa shape index (κ2) is 12.3. The second-order valence-electron chi connectivity index (χ2n) is 15.0. The molecule has 3 aliphatic rings. The maximum atomic E-state index is 13.5. The molecule has 8 nitrogen and oxygen atoms in total. The smallest absolute Gasteiger partial charge is 0.251 e. The number of carbonyl (C=O) groups is 1. The molecule has 0 bridgehead atoms. The zero-order chi connectivity index (χ0) is 31.9. The quantitative estimate of drug-likeness (QED) is 0.413. The Morgan fingerprint density at radius 3 is 2.25 bits per heavy atom. The summed E-state index contributed by atoms with van der Waals surface area (Å²) >= 11 is 0. The first-order valence-corrected chi connectivity index (χ1v) is 16.1. The highest BCUT2D eigenvalue weighted by Gasteiger charge is 2.64. The van der Waals surface area contributed by atoms with Crippen LogP contribution in [-0.2, 0) is 0 Å². The Labute approximate surface area is 263 Å². The van der Waals surface area contributed by atoms with Gasteiger partial charge in [0.15, 0.2) is 0 Å². The second-order valence-corrected chi connectivity index (χ2v) is 15.0. The van der Waals surface area contributed by atoms with Crippen LogP contribution in [0.15, 0.2) is 42.5 Å². The third-order valence-electron chi connectivity index (χ3n) is 10.6. The Bertz CT molecular complexity index is 1360. The lowest BCUT2D eigenvalue weighted by Crippen LogP contribution is -2.74. The van der Waals surface area contributed by atoms with Crippen molar-refractivity contribution in [2.24, 2.45) is 22.2 Å². The first kappa shape index (κ1) is 32.1. The summed E-state index contributed by atoms with van der Waals surface area (Å²) in [5.74, 6) is 1.68. The molecule has 1 saturated carbocycles. The van der Waals surface area contributed by atoms with Crippen molar-refractivity contribution in [1.82, 2.24) is 10.2 Å². The minimum absolute atomic E-state index is 0.0770. The first-order chi connectivity index (χ1) is 20.8. The van der Waals surface area contributed by atoms with Crippen molar-refractivity contribution in [3.8, 4) is 17.6 Å². The minimum Gasteiger partial charge on any atom is -0.495 e. The Hall–Kier alpha value is -3.28. The number of piperidine rings is 2. The molecule has 2 aliphatic heterocycles. The number of ether oxygens (including phenoxy) is 2. The van der Waals surface area contributed by atoms with Crippen molar-refractivity contribution < 1.29 is 19.4 Å². The summed E-state index contributed by atoms with van der Waals surface area (Å²) in [4.78, 5) is 18.4. The van der Waals surface area contributed by atoms with Crippen LogP contribution in [0.5, 0.6) is 11.5 Å². The fourth-order valence-electron chi connectivity index (χ4n) is 8.19. The molecule has 44 heavy (non-hydrogen) atoms. The zero-order valence-electron chi connectivity index (χ0n) is 27.5. The number of aliphatic hydroxyl groups excluding tert-OH is 1. The number of nitrogens with zero attached hydrogens (tertiary/aromatic N) is 3. The maximum Gasteiger partial charge on any atom is 0.251 e. The Morgan fingerprint density at radius 1 is 1.00 bits per heavy atom. The van der Waals surface area contributed by atoms with Gasteiger partial charge in [-0.15, -0.1) is 0 Å². The van der Waals surface area contributed by atoms with Crippen LogP contribution >= 0.6 is 0 Å². The molecule has 0 aromatic heterocycles. The Kier molecular flexibility index (Phi) is 8.94. The van der Waals surface area contributed by atoms with Crippen LogP contribution in [0.4, 0.5) is 5.69 Å². The van der Waals surface area contributed by atoms with Crippen molar-refractivity contribution in [3.05, 3.63) is 53.6 Å². The summed E-state index contributed by atoms with van der Waals surface area (Å²) in [6, 6.07) is 15.4. The van der Waals surface area contributed by atoms with Crippen molar-refractivity contribution >= 4 is 11.6 Å². The average molecular weight is 603 g/mol. The molecule has 2 N–H and O–H groups in total. The molecule has 2 aromatic rings. The number of aliphatic hydroxyl groups is 1. The number of anilines is 1. The van der Waals surface area contributed by atoms with Gasteiger partial charge in [0.2, 0.25) is 0 Å². The molecular formula is C36H50N4O4. The van der Waals surface area contributed by atoms with Crippen LogP contribution in [0.1, 0.15) is 76.7 Å². The number of nitriles is 1. The van der Waals surface area contributed by atoms with Gasteiger partial charge in [-0.05, 0) is 67.0 Å². The van der Waals surface area contributed by atoms with E-state index in [9.17, 15) is 15.2 Å². The summed E-state index contributed by atoms with van der Waals surface area (Å²) in [6.07, 6.45) is 2.63. The summed E-state index contributed by atoms with van der Waals surface area (Å²) < 4.78 is 11.8. The summed E-state index contributed by atoms with van der Waals surface area (Å²) in [5, 5.41) is 22.5. The molecule has 5 rings (SSSR count). The first-order valence-electron chi connectivity index (χ1n) is 16.1. The van der Waals surface area contributed by atoms with Gasteiger partial charge in [0.25, 0.3) is 5.91 Å². The van der Waals surface area contributed by atoms with E-state index in [2.05, 4.69) is 74.9 Å². The lowest BCUT2D eigenvalue weighted by molar-refractivity contribution is -0.164. The number of amides is 1. The van der Waals surface area contributed by atoms with E-state index in [1.165, 1.54) is 0 Å². The van der Waals surface area contributed by atoms with E-state index in [1.807, 2.05) is 12.1 Å². The van der Waals surface area contributed by atoms with Crippen molar-refractivity contribution in [2.45, 2.75) is 79.1 Å². The number of benzene rings is 2. The van der Waals surface area contributed by atoms with E-state index in [1.54, 1.807) is 25.3 Å². The highest BCUT2D eigenvalue weighted by Crippen LogP contribution is 2.55. The molecule has 0 spiro atoms. The van der Waals surface area contributed by atoms with E-state index in [0.717, 1.165) is 57.7 Å². The predicted molar refractivity (Wildman–Crippen MR) is 173 cm³/mol. The highest BCUT2D eigenvalue weighted by atomic mass is 16.5. The minimum atomic E-state index is -0.315. The highest BCUT2D eigenvalue weighted by molar-refractivity contribution is 5.95. The van der Waals surface area contributed by atoms with Crippen molar-refractivity contribution in [2.75, 3.05) is 44.7 Å². The molecule has 3 fully saturated rings. The van der Waals surface area contributed by atoms with Gasteiger partial charge >= 0.3 is 0 Å². The Balaban J connectivity index is 1.18. The van der Waals surface area contributed by atoms with Gasteiger partial charge in [-0.25, -0.2) is 0 Å². The van der Waals surface area contributed by atoms with Crippen LogP contribution in [0.25, 0.3) is 0 Å². The molecule has 1 amide bonds. The van der Waals surface area contributed by atoms with Crippen LogP contribution in [-0.4, -0.2) is 74.0 Å². The SMILES string of the molecule is COc1cc(OC2C(C)(C)C(NC(=O)c3ccc(N4CCC(CN5CCC(O)CC5)C(C)(C)C4)cc3)C2(C)C)ccc1C#N. The lowest BCUT2D eigenvalue weighted by Gasteiger charge is -2.63. The number of carbonyl (C=O) groups excluding carboxylic acids is 1. The number of hydrogen-bond acceptors (Lipinski definition) is 7. The fourth-order valence-corrected chi connectivity index (χ4v) is 8.19. The number of likely N-dealkylation sites (tertiary alicyclic amines) is 1. The average Bonchev–Trinajstić information content (AvgIpc) is 3.00. The maximum absolute atomic E-state index is 13.5. The molecule has 0 radical (unpaired) electrons. The monoisotopic (exact) mass is 602 g/mol. The van der Waals surface area contributed by atoms with Crippen LogP contribution in [0, 0.1) is 33.5 Å². The zero-order valence-corrected chi connectivity index (χ0v) is 27.5. The topological polar surface area (TPSA) is 98.1 Å². The lowest BCUT2D eigenvalue weighted by atomic mass is 9.49. The fraction of sp³-hybridized carbons (Fsp3) is 0.611. The molecule has 1 aliphatic carbocycles. The van der Waals surface area contributed by atoms with E-state index < -0.39 is 0 Å². The van der Waals surface area contributed by atoms with Gasteiger partial charge in [-0.3, -0.25) is 4.79 Å². The molecule has 2 heterocycles. The predicted octanol–water partition coefficient (Wildman–Crippen LogP) is 5.49. The number of rotatable bonds is 8. The third kappa shape index (κ3) is 6.27. The van der Waals surface area contributed by atoms with Crippen LogP contribution in [0.3, 0.4) is 0 Å². The van der Waals surface area contributed by atoms with Crippen LogP contribution in [0.2, 0.25) is 0 Å². The number of methoxy groups -OCH3 is 1. The van der Waals surface area contributed by atoms with E-state index >= 15 is 0 Å². The van der Waals surface area contributed by atoms with Crippen molar-refractivity contribution in [3.63, 3.8) is 0 Å². The molecule has 2 saturated heterocycles. The van der Waals surface area contributed by atoms with E-state index in [0.29, 0.717) is 28.5 Å². The summed E-state index contributed by atoms with van der Waals surface area (Å²) in [5.41, 5.74) is 1.82. The number of nitrogens with one attached hydrogen (secondary N) is 1. The van der Waals surface area contributed by atoms with Crippen LogP contribution < -0.4 is 19.7 Å². The third-order valence-corrected chi connectivity index (χ3v) is 10.6. The summed E-state index contributed by atoms with van der Waals surface area (Å²) in [6.45, 7) is 18.3. The molecular weight excluding hydrogens is 552 g/mol. The molecule has 238 valence electrons. The van der Waals surface area contributed by atoms with Gasteiger partial charge in [-0.2, -0.15) is 5.26 Å². The molecule has 8 heteroatoms. The van der Waals surface area contributed by atoms with Gasteiger partial charge in [0, 0.05) is 66.9 Å². The standard InChI is InChI=1S/C36H50N4O4/c1-34(2)23-40(19-14-26(34)22-39-17-15-28(41)16-18-39)27-11-8-24(9-12-27)31(42)38-32-35(3,4)33(36(32,5)6)44-29-13-10-25(21-37)30(20-29)43-7/h8-13,20,26,28,32-33,41H,14-19,22-23H2,1-7H3,(H,38,42). The van der Waals surface area contributed by atoms with E-state index in [-0.39, 0.29) is 40.4 Å². The normalized spacial score (nSPS) is 26.2. The molecule has 1 unspecified atom stereocenters. The van der Waals surface area contributed by atoms with Gasteiger partial charge in [0.1, 0.15) is 23.7 Å². The Morgan fingerprint density at radius 2 is 1.66 bits per heavy atom. The van der Waals surface area contributed by atoms with Gasteiger partial charge in [-0.1, -0.05) is 41.5 Å². The van der Waals surface area contributed by atoms with Crippen molar-refractivity contribution in [1.29, 1.82) is 5.26 Å². The van der Waals surface area contributed by atoms with E-state index in [4.69, 9.17) is 9.47 Å².